The molecule has 2 heteroatoms. The van der Waals surface area contributed by atoms with Gasteiger partial charge in [-0.3, -0.25) is 0 Å². The Morgan fingerprint density at radius 1 is 1.50 bits per heavy atom. The van der Waals surface area contributed by atoms with Gasteiger partial charge in [0.2, 0.25) is 0 Å². The van der Waals surface area contributed by atoms with Gasteiger partial charge in [0.1, 0.15) is 0 Å². The molecule has 0 radical (unpaired) electrons. The van der Waals surface area contributed by atoms with Gasteiger partial charge in [-0.25, -0.2) is 0 Å². The van der Waals surface area contributed by atoms with Crippen molar-refractivity contribution in [2.24, 2.45) is 0 Å². The molecule has 0 aliphatic heterocycles. The topological polar surface area (TPSA) is 0 Å². The Bertz CT molecular complexity index is 10.8. The van der Waals surface area contributed by atoms with E-state index >= 15 is 0 Å². The normalized spacial score (nSPS) is 6.75. The molecule has 0 aromatic carbocycles. The Morgan fingerprint density at radius 2 is 1.50 bits per heavy atom. The monoisotopic (exact) mass is 228 g/mol. The van der Waals surface area contributed by atoms with E-state index in [1.54, 1.807) is 0 Å². The van der Waals surface area contributed by atoms with Gasteiger partial charge in [0.15, 0.2) is 0 Å². The van der Waals surface area contributed by atoms with Crippen molar-refractivity contribution in [3.05, 3.63) is 0 Å². The molecule has 0 bridgehead atoms. The summed E-state index contributed by atoms with van der Waals surface area (Å²) >= 11 is 1.84. The summed E-state index contributed by atoms with van der Waals surface area (Å²) in [4.78, 5) is 0. The predicted octanol–water partition coefficient (Wildman–Crippen LogP) is 0.784. The average molecular weight is 227 g/mol. The molecule has 0 saturated heterocycles. The van der Waals surface area contributed by atoms with Crippen molar-refractivity contribution < 1.29 is 19.0 Å². The van der Waals surface area contributed by atoms with E-state index in [2.05, 4.69) is 13.6 Å². The second kappa shape index (κ2) is 2.00. The first-order chi connectivity index (χ1) is 1.73. The van der Waals surface area contributed by atoms with Gasteiger partial charge in [-0.05, 0) is 0 Å². The van der Waals surface area contributed by atoms with Crippen molar-refractivity contribution in [2.45, 2.75) is 13.6 Å². The standard InChI is InChI=1S/C2H6B.Re/c1-3-2;/h1-2H3;/q+1;-1. The zero-order valence-corrected chi connectivity index (χ0v) is 5.67. The Morgan fingerprint density at radius 3 is 1.50 bits per heavy atom. The fourth-order valence-corrected chi connectivity index (χ4v) is 0. The Balaban J connectivity index is 2.32. The molecule has 0 aliphatic rings. The Labute approximate surface area is 38.2 Å². The number of hydrogen-bond acceptors (Lipinski definition) is 0. The summed E-state index contributed by atoms with van der Waals surface area (Å²) in [6.07, 6.45) is 0. The van der Waals surface area contributed by atoms with Gasteiger partial charge in [0.05, 0.1) is 0 Å². The van der Waals surface area contributed by atoms with Crippen LogP contribution in [0, 0.1) is 0 Å². The van der Waals surface area contributed by atoms with Crippen LogP contribution in [0.5, 0.6) is 0 Å². The van der Waals surface area contributed by atoms with Crippen LogP contribution in [0.4, 0.5) is 0 Å². The zero-order chi connectivity index (χ0) is 3.58. The van der Waals surface area contributed by atoms with Gasteiger partial charge >= 0.3 is 37.7 Å². The van der Waals surface area contributed by atoms with E-state index in [1.165, 1.54) is 0 Å². The van der Waals surface area contributed by atoms with Gasteiger partial charge in [-0.15, -0.1) is 0 Å². The molecule has 0 atom stereocenters. The summed E-state index contributed by atoms with van der Waals surface area (Å²) in [5, 5.41) is 0.889. The molecule has 0 heterocycles. The maximum atomic E-state index is 2.19. The molecule has 0 fully saturated rings. The molecule has 0 aromatic heterocycles. The van der Waals surface area contributed by atoms with Crippen LogP contribution in [0.2, 0.25) is 13.6 Å². The van der Waals surface area contributed by atoms with E-state index < -0.39 is 0 Å². The molecule has 4 heavy (non-hydrogen) atoms. The first-order valence-corrected chi connectivity index (χ1v) is 2.94. The molecular weight excluding hydrogens is 221 g/mol. The summed E-state index contributed by atoms with van der Waals surface area (Å²) in [7, 11) is 0. The molecule has 0 N–H and O–H groups in total. The van der Waals surface area contributed by atoms with Gasteiger partial charge < -0.3 is 0 Å². The molecule has 0 aromatic rings. The van der Waals surface area contributed by atoms with Crippen molar-refractivity contribution in [3.8, 4) is 0 Å². The van der Waals surface area contributed by atoms with Crippen LogP contribution in [0.3, 0.4) is 0 Å². The third-order valence-corrected chi connectivity index (χ3v) is 0. The van der Waals surface area contributed by atoms with Gasteiger partial charge in [0, 0.05) is 0 Å². The molecule has 0 rings (SSSR count). The van der Waals surface area contributed by atoms with E-state index in [4.69, 9.17) is 0 Å². The van der Waals surface area contributed by atoms with Crippen LogP contribution in [-0.2, 0) is 19.0 Å². The SMILES string of the molecule is C[B](C)[Re]. The van der Waals surface area contributed by atoms with E-state index in [9.17, 15) is 0 Å². The van der Waals surface area contributed by atoms with Crippen LogP contribution >= 0.6 is 0 Å². The van der Waals surface area contributed by atoms with E-state index in [0.29, 0.717) is 0 Å². The molecule has 0 saturated carbocycles. The first kappa shape index (κ1) is 4.73. The van der Waals surface area contributed by atoms with E-state index in [0.717, 1.165) is 5.07 Å². The molecule has 0 aliphatic carbocycles. The summed E-state index contributed by atoms with van der Waals surface area (Å²) in [6.45, 7) is 4.38. The fourth-order valence-electron chi connectivity index (χ4n) is 0. The van der Waals surface area contributed by atoms with Crippen LogP contribution in [-0.4, -0.2) is 5.07 Å². The van der Waals surface area contributed by atoms with Crippen LogP contribution in [0.15, 0.2) is 0 Å². The third-order valence-electron chi connectivity index (χ3n) is 0. The maximum absolute atomic E-state index is 2.19. The van der Waals surface area contributed by atoms with Crippen LogP contribution in [0.1, 0.15) is 0 Å². The van der Waals surface area contributed by atoms with Crippen molar-refractivity contribution in [1.82, 2.24) is 0 Å². The Hall–Kier alpha value is 0.727. The van der Waals surface area contributed by atoms with Crippen LogP contribution < -0.4 is 0 Å². The molecule has 0 nitrogen and oxygen atoms in total. The molecule has 24 valence electrons. The average Bonchev–Trinajstić information content (AvgIpc) is 0.811. The third kappa shape index (κ3) is 15.4. The minimum absolute atomic E-state index is 0.889. The summed E-state index contributed by atoms with van der Waals surface area (Å²) in [5.41, 5.74) is 0. The Kier molecular flexibility index (Phi) is 2.36. The van der Waals surface area contributed by atoms with E-state index in [1.807, 2.05) is 19.0 Å². The summed E-state index contributed by atoms with van der Waals surface area (Å²) in [6, 6.07) is 0. The number of rotatable bonds is 0. The summed E-state index contributed by atoms with van der Waals surface area (Å²) < 4.78 is 0. The van der Waals surface area contributed by atoms with Gasteiger partial charge in [0.25, 0.3) is 0 Å². The zero-order valence-electron chi connectivity index (χ0n) is 2.96. The molecule has 0 spiro atoms. The van der Waals surface area contributed by atoms with Crippen molar-refractivity contribution in [2.75, 3.05) is 0 Å². The molecular formula is C2H6BRe. The second-order valence-corrected chi connectivity index (χ2v) is 4.15. The fraction of sp³-hybridized carbons (Fsp3) is 1.00. The van der Waals surface area contributed by atoms with Crippen molar-refractivity contribution in [1.29, 1.82) is 0 Å². The first-order valence-electron chi connectivity index (χ1n) is 1.37. The van der Waals surface area contributed by atoms with Crippen molar-refractivity contribution >= 4 is 5.07 Å². The van der Waals surface area contributed by atoms with Crippen LogP contribution in [0.25, 0.3) is 0 Å². The predicted molar refractivity (Wildman–Crippen MR) is 17.5 cm³/mol. The second-order valence-electron chi connectivity index (χ2n) is 1.01. The van der Waals surface area contributed by atoms with E-state index in [-0.39, 0.29) is 0 Å². The minimum atomic E-state index is 0.889. The van der Waals surface area contributed by atoms with Crippen molar-refractivity contribution in [3.63, 3.8) is 0 Å². The van der Waals surface area contributed by atoms with Gasteiger partial charge in [-0.2, -0.15) is 0 Å². The summed E-state index contributed by atoms with van der Waals surface area (Å²) in [5.74, 6) is 0. The quantitative estimate of drug-likeness (QED) is 0.536. The molecule has 0 unspecified atom stereocenters. The number of hydrogen-bond donors (Lipinski definition) is 0. The molecule has 0 amide bonds. The van der Waals surface area contributed by atoms with Gasteiger partial charge in [-0.1, -0.05) is 0 Å².